The summed E-state index contributed by atoms with van der Waals surface area (Å²) < 4.78 is 7.70. The molecule has 3 rings (SSSR count). The molecule has 1 aromatic heterocycles. The Hall–Kier alpha value is -1.56. The summed E-state index contributed by atoms with van der Waals surface area (Å²) in [5.74, 6) is 0.980. The van der Waals surface area contributed by atoms with E-state index in [0.717, 1.165) is 17.8 Å². The summed E-state index contributed by atoms with van der Waals surface area (Å²) in [5.41, 5.74) is 0.929. The van der Waals surface area contributed by atoms with Crippen LogP contribution in [0.25, 0.3) is 0 Å². The van der Waals surface area contributed by atoms with E-state index in [1.807, 2.05) is 28.7 Å². The Morgan fingerprint density at radius 3 is 2.96 bits per heavy atom. The summed E-state index contributed by atoms with van der Waals surface area (Å²) in [5, 5.41) is 1.00. The van der Waals surface area contributed by atoms with Crippen LogP contribution in [-0.4, -0.2) is 40.1 Å². The monoisotopic (exact) mass is 367 g/mol. The number of aromatic nitrogens is 2. The zero-order valence-corrected chi connectivity index (χ0v) is 14.9. The molecule has 24 heavy (non-hydrogen) atoms. The van der Waals surface area contributed by atoms with Crippen LogP contribution in [0, 0.1) is 0 Å². The third-order valence-corrected chi connectivity index (χ3v) is 4.90. The molecular formula is C17H19Cl2N3O2. The van der Waals surface area contributed by atoms with E-state index in [1.54, 1.807) is 18.3 Å². The van der Waals surface area contributed by atoms with Crippen molar-refractivity contribution in [1.82, 2.24) is 14.5 Å². The average molecular weight is 368 g/mol. The number of rotatable bonds is 4. The van der Waals surface area contributed by atoms with E-state index in [2.05, 4.69) is 4.98 Å². The lowest BCUT2D eigenvalue weighted by atomic mass is 10.1. The van der Waals surface area contributed by atoms with Gasteiger partial charge in [0.15, 0.2) is 0 Å². The summed E-state index contributed by atoms with van der Waals surface area (Å²) in [6, 6.07) is 5.44. The van der Waals surface area contributed by atoms with Gasteiger partial charge in [-0.1, -0.05) is 36.2 Å². The Kier molecular flexibility index (Phi) is 5.43. The summed E-state index contributed by atoms with van der Waals surface area (Å²) >= 11 is 12.0. The van der Waals surface area contributed by atoms with E-state index in [0.29, 0.717) is 36.3 Å². The van der Waals surface area contributed by atoms with Crippen LogP contribution in [0.15, 0.2) is 30.6 Å². The van der Waals surface area contributed by atoms with Gasteiger partial charge >= 0.3 is 0 Å². The number of ether oxygens (including phenoxy) is 1. The van der Waals surface area contributed by atoms with E-state index in [4.69, 9.17) is 27.9 Å². The van der Waals surface area contributed by atoms with Crippen LogP contribution in [0.4, 0.5) is 0 Å². The van der Waals surface area contributed by atoms with Gasteiger partial charge in [-0.05, 0) is 17.7 Å². The van der Waals surface area contributed by atoms with Gasteiger partial charge in [-0.15, -0.1) is 0 Å². The van der Waals surface area contributed by atoms with Gasteiger partial charge in [-0.2, -0.15) is 0 Å². The predicted octanol–water partition coefficient (Wildman–Crippen LogP) is 3.35. The number of amides is 1. The second-order valence-corrected chi connectivity index (χ2v) is 6.51. The lowest BCUT2D eigenvalue weighted by Gasteiger charge is -2.33. The molecule has 1 aliphatic heterocycles. The Labute approximate surface area is 151 Å². The molecule has 1 aromatic carbocycles. The number of imidazole rings is 1. The number of morpholine rings is 1. The minimum Gasteiger partial charge on any atom is -0.370 e. The van der Waals surface area contributed by atoms with Crippen molar-refractivity contribution in [2.24, 2.45) is 0 Å². The van der Waals surface area contributed by atoms with E-state index < -0.39 is 0 Å². The molecule has 7 heteroatoms. The molecule has 0 saturated carbocycles. The molecule has 1 atom stereocenters. The van der Waals surface area contributed by atoms with Crippen molar-refractivity contribution in [2.75, 3.05) is 19.7 Å². The van der Waals surface area contributed by atoms with Crippen LogP contribution in [0.1, 0.15) is 24.4 Å². The number of benzene rings is 1. The second kappa shape index (κ2) is 7.55. The summed E-state index contributed by atoms with van der Waals surface area (Å²) in [4.78, 5) is 18.7. The summed E-state index contributed by atoms with van der Waals surface area (Å²) in [6.07, 6.45) is 4.18. The maximum absolute atomic E-state index is 12.6. The Balaban J connectivity index is 1.68. The summed E-state index contributed by atoms with van der Waals surface area (Å²) in [7, 11) is 0. The van der Waals surface area contributed by atoms with Crippen LogP contribution in [0.3, 0.4) is 0 Å². The molecule has 0 bridgehead atoms. The highest BCUT2D eigenvalue weighted by Crippen LogP contribution is 2.29. The fourth-order valence-electron chi connectivity index (χ4n) is 2.83. The first-order valence-corrected chi connectivity index (χ1v) is 8.68. The molecule has 0 N–H and O–H groups in total. The number of halogens is 2. The SMILES string of the molecule is CCc1nccn1CC(=O)N1CCO[C@H](c2ccc(Cl)c(Cl)c2)C1. The predicted molar refractivity (Wildman–Crippen MR) is 93.3 cm³/mol. The number of carbonyl (C=O) groups is 1. The van der Waals surface area contributed by atoms with Crippen LogP contribution < -0.4 is 0 Å². The molecule has 1 amide bonds. The fraction of sp³-hybridized carbons (Fsp3) is 0.412. The molecule has 1 aliphatic rings. The van der Waals surface area contributed by atoms with E-state index in [-0.39, 0.29) is 12.0 Å². The Bertz CT molecular complexity index is 732. The van der Waals surface area contributed by atoms with Gasteiger partial charge in [0.25, 0.3) is 0 Å². The lowest BCUT2D eigenvalue weighted by Crippen LogP contribution is -2.43. The van der Waals surface area contributed by atoms with Gasteiger partial charge in [-0.25, -0.2) is 4.98 Å². The zero-order chi connectivity index (χ0) is 17.1. The van der Waals surface area contributed by atoms with Crippen molar-refractivity contribution in [1.29, 1.82) is 0 Å². The largest absolute Gasteiger partial charge is 0.370 e. The highest BCUT2D eigenvalue weighted by atomic mass is 35.5. The molecule has 1 saturated heterocycles. The van der Waals surface area contributed by atoms with Crippen molar-refractivity contribution >= 4 is 29.1 Å². The van der Waals surface area contributed by atoms with Crippen LogP contribution in [0.5, 0.6) is 0 Å². The number of hydrogen-bond acceptors (Lipinski definition) is 3. The molecule has 1 fully saturated rings. The van der Waals surface area contributed by atoms with Gasteiger partial charge in [0.05, 0.1) is 23.2 Å². The van der Waals surface area contributed by atoms with Gasteiger partial charge in [0.1, 0.15) is 18.5 Å². The first-order chi connectivity index (χ1) is 11.6. The molecule has 0 unspecified atom stereocenters. The zero-order valence-electron chi connectivity index (χ0n) is 13.4. The molecule has 0 aliphatic carbocycles. The van der Waals surface area contributed by atoms with Gasteiger partial charge < -0.3 is 14.2 Å². The third kappa shape index (κ3) is 3.74. The quantitative estimate of drug-likeness (QED) is 0.832. The topological polar surface area (TPSA) is 47.4 Å². The smallest absolute Gasteiger partial charge is 0.242 e. The third-order valence-electron chi connectivity index (χ3n) is 4.16. The molecule has 2 heterocycles. The van der Waals surface area contributed by atoms with E-state index in [9.17, 15) is 4.79 Å². The van der Waals surface area contributed by atoms with Crippen molar-refractivity contribution in [3.8, 4) is 0 Å². The molecule has 2 aromatic rings. The maximum atomic E-state index is 12.6. The minimum atomic E-state index is -0.189. The van der Waals surface area contributed by atoms with Crippen molar-refractivity contribution < 1.29 is 9.53 Å². The number of aryl methyl sites for hydroxylation is 1. The lowest BCUT2D eigenvalue weighted by molar-refractivity contribution is -0.139. The standard InChI is InChI=1S/C17H19Cl2N3O2/c1-2-16-20-5-6-21(16)11-17(23)22-7-8-24-15(10-22)12-3-4-13(18)14(19)9-12/h3-6,9,15H,2,7-8,10-11H2,1H3/t15-/m0/s1. The van der Waals surface area contributed by atoms with Crippen LogP contribution in [-0.2, 0) is 22.5 Å². The first-order valence-electron chi connectivity index (χ1n) is 7.92. The molecular weight excluding hydrogens is 349 g/mol. The first kappa shape index (κ1) is 17.3. The molecule has 5 nitrogen and oxygen atoms in total. The Morgan fingerprint density at radius 1 is 1.38 bits per heavy atom. The van der Waals surface area contributed by atoms with Crippen molar-refractivity contribution in [3.63, 3.8) is 0 Å². The fourth-order valence-corrected chi connectivity index (χ4v) is 3.14. The van der Waals surface area contributed by atoms with Crippen molar-refractivity contribution in [3.05, 3.63) is 52.0 Å². The summed E-state index contributed by atoms with van der Waals surface area (Å²) in [6.45, 7) is 3.93. The minimum absolute atomic E-state index is 0.0658. The normalized spacial score (nSPS) is 18.0. The van der Waals surface area contributed by atoms with Crippen molar-refractivity contribution in [2.45, 2.75) is 26.0 Å². The highest BCUT2D eigenvalue weighted by Gasteiger charge is 2.26. The van der Waals surface area contributed by atoms with E-state index in [1.165, 1.54) is 0 Å². The van der Waals surface area contributed by atoms with E-state index >= 15 is 0 Å². The van der Waals surface area contributed by atoms with Crippen LogP contribution >= 0.6 is 23.2 Å². The van der Waals surface area contributed by atoms with Gasteiger partial charge in [0.2, 0.25) is 5.91 Å². The highest BCUT2D eigenvalue weighted by molar-refractivity contribution is 6.42. The molecule has 128 valence electrons. The molecule has 0 radical (unpaired) electrons. The van der Waals surface area contributed by atoms with Gasteiger partial charge in [-0.3, -0.25) is 4.79 Å². The average Bonchev–Trinajstić information content (AvgIpc) is 3.04. The number of carbonyl (C=O) groups excluding carboxylic acids is 1. The second-order valence-electron chi connectivity index (χ2n) is 5.70. The van der Waals surface area contributed by atoms with Gasteiger partial charge in [0, 0.05) is 25.4 Å². The Morgan fingerprint density at radius 2 is 2.21 bits per heavy atom. The molecule has 0 spiro atoms. The maximum Gasteiger partial charge on any atom is 0.242 e. The number of nitrogens with zero attached hydrogens (tertiary/aromatic N) is 3. The number of hydrogen-bond donors (Lipinski definition) is 0. The van der Waals surface area contributed by atoms with Crippen LogP contribution in [0.2, 0.25) is 10.0 Å².